The maximum atomic E-state index is 5.89. The molecule has 2 aromatic heterocycles. The molecule has 1 aromatic carbocycles. The first-order valence-electron chi connectivity index (χ1n) is 6.48. The van der Waals surface area contributed by atoms with Crippen molar-refractivity contribution in [3.8, 4) is 11.6 Å². The lowest BCUT2D eigenvalue weighted by Gasteiger charge is -2.07. The van der Waals surface area contributed by atoms with E-state index in [-0.39, 0.29) is 0 Å². The van der Waals surface area contributed by atoms with Gasteiger partial charge in [0.05, 0.1) is 5.69 Å². The van der Waals surface area contributed by atoms with Crippen LogP contribution in [0, 0.1) is 6.92 Å². The summed E-state index contributed by atoms with van der Waals surface area (Å²) in [5.41, 5.74) is 2.97. The molecule has 0 amide bonds. The van der Waals surface area contributed by atoms with E-state index in [0.717, 1.165) is 23.5 Å². The number of hydrogen-bond donors (Lipinski definition) is 1. The standard InChI is InChI=1S/C15H16N4O/c1-11-8-14-15(17-6-7-19(14)18-11)20-13-5-3-4-12(9-13)10-16-2/h3-9,16H,10H2,1-2H3. The number of aryl methyl sites for hydroxylation is 1. The van der Waals surface area contributed by atoms with E-state index >= 15 is 0 Å². The van der Waals surface area contributed by atoms with Crippen molar-refractivity contribution in [2.45, 2.75) is 13.5 Å². The first-order valence-corrected chi connectivity index (χ1v) is 6.48. The zero-order chi connectivity index (χ0) is 13.9. The van der Waals surface area contributed by atoms with Gasteiger partial charge in [0.25, 0.3) is 0 Å². The van der Waals surface area contributed by atoms with Crippen molar-refractivity contribution in [3.63, 3.8) is 0 Å². The van der Waals surface area contributed by atoms with Gasteiger partial charge in [0.15, 0.2) is 0 Å². The summed E-state index contributed by atoms with van der Waals surface area (Å²) in [5.74, 6) is 1.34. The SMILES string of the molecule is CNCc1cccc(Oc2nccn3nc(C)cc23)c1. The largest absolute Gasteiger partial charge is 0.437 e. The fourth-order valence-electron chi connectivity index (χ4n) is 2.13. The van der Waals surface area contributed by atoms with Crippen LogP contribution >= 0.6 is 0 Å². The lowest BCUT2D eigenvalue weighted by molar-refractivity contribution is 0.464. The van der Waals surface area contributed by atoms with Gasteiger partial charge in [-0.25, -0.2) is 9.50 Å². The number of nitrogens with one attached hydrogen (secondary N) is 1. The van der Waals surface area contributed by atoms with Gasteiger partial charge in [0.1, 0.15) is 11.3 Å². The van der Waals surface area contributed by atoms with Gasteiger partial charge in [0.2, 0.25) is 5.88 Å². The first kappa shape index (κ1) is 12.6. The minimum atomic E-state index is 0.565. The molecule has 1 N–H and O–H groups in total. The second-order valence-electron chi connectivity index (χ2n) is 4.63. The highest BCUT2D eigenvalue weighted by Gasteiger charge is 2.07. The van der Waals surface area contributed by atoms with Crippen LogP contribution in [-0.4, -0.2) is 21.6 Å². The fourth-order valence-corrected chi connectivity index (χ4v) is 2.13. The third-order valence-electron chi connectivity index (χ3n) is 2.97. The third kappa shape index (κ3) is 2.48. The Morgan fingerprint density at radius 3 is 3.05 bits per heavy atom. The summed E-state index contributed by atoms with van der Waals surface area (Å²) >= 11 is 0. The minimum Gasteiger partial charge on any atom is -0.437 e. The number of nitrogens with zero attached hydrogens (tertiary/aromatic N) is 3. The van der Waals surface area contributed by atoms with Crippen LogP contribution in [0.4, 0.5) is 0 Å². The third-order valence-corrected chi connectivity index (χ3v) is 2.97. The number of fused-ring (bicyclic) bond motifs is 1. The number of benzene rings is 1. The molecule has 0 aliphatic rings. The van der Waals surface area contributed by atoms with Crippen molar-refractivity contribution < 1.29 is 4.74 Å². The van der Waals surface area contributed by atoms with Gasteiger partial charge in [0, 0.05) is 18.9 Å². The molecule has 2 heterocycles. The molecule has 3 rings (SSSR count). The molecular weight excluding hydrogens is 252 g/mol. The van der Waals surface area contributed by atoms with E-state index in [1.54, 1.807) is 10.7 Å². The van der Waals surface area contributed by atoms with Crippen LogP contribution in [0.1, 0.15) is 11.3 Å². The smallest absolute Gasteiger partial charge is 0.245 e. The van der Waals surface area contributed by atoms with Crippen molar-refractivity contribution in [2.24, 2.45) is 0 Å². The summed E-state index contributed by atoms with van der Waals surface area (Å²) in [4.78, 5) is 4.29. The second kappa shape index (κ2) is 5.30. The Hall–Kier alpha value is -2.40. The molecule has 0 unspecified atom stereocenters. The Kier molecular flexibility index (Phi) is 3.35. The number of hydrogen-bond acceptors (Lipinski definition) is 4. The van der Waals surface area contributed by atoms with Gasteiger partial charge in [-0.3, -0.25) is 0 Å². The monoisotopic (exact) mass is 268 g/mol. The molecule has 0 saturated heterocycles. The molecular formula is C15H16N4O. The molecule has 0 atom stereocenters. The summed E-state index contributed by atoms with van der Waals surface area (Å²) in [6.45, 7) is 2.75. The van der Waals surface area contributed by atoms with Crippen molar-refractivity contribution >= 4 is 5.52 Å². The lowest BCUT2D eigenvalue weighted by Crippen LogP contribution is -2.04. The molecule has 0 radical (unpaired) electrons. The highest BCUT2D eigenvalue weighted by atomic mass is 16.5. The van der Waals surface area contributed by atoms with Crippen LogP contribution in [0.15, 0.2) is 42.7 Å². The predicted octanol–water partition coefficient (Wildman–Crippen LogP) is 2.55. The molecule has 0 fully saturated rings. The van der Waals surface area contributed by atoms with Crippen molar-refractivity contribution in [3.05, 3.63) is 54.0 Å². The predicted molar refractivity (Wildman–Crippen MR) is 77.0 cm³/mol. The summed E-state index contributed by atoms with van der Waals surface area (Å²) in [6, 6.07) is 9.92. The molecule has 0 saturated carbocycles. The van der Waals surface area contributed by atoms with Crippen LogP contribution < -0.4 is 10.1 Å². The lowest BCUT2D eigenvalue weighted by atomic mass is 10.2. The van der Waals surface area contributed by atoms with E-state index in [1.807, 2.05) is 44.4 Å². The van der Waals surface area contributed by atoms with Crippen molar-refractivity contribution in [1.82, 2.24) is 19.9 Å². The van der Waals surface area contributed by atoms with E-state index < -0.39 is 0 Å². The van der Waals surface area contributed by atoms with E-state index in [2.05, 4.69) is 21.5 Å². The summed E-state index contributed by atoms with van der Waals surface area (Å²) in [5, 5.41) is 7.47. The normalized spacial score (nSPS) is 10.9. The molecule has 0 spiro atoms. The van der Waals surface area contributed by atoms with E-state index in [4.69, 9.17) is 4.74 Å². The summed E-state index contributed by atoms with van der Waals surface area (Å²) < 4.78 is 7.67. The van der Waals surface area contributed by atoms with E-state index in [0.29, 0.717) is 5.88 Å². The van der Waals surface area contributed by atoms with Gasteiger partial charge < -0.3 is 10.1 Å². The maximum Gasteiger partial charge on any atom is 0.245 e. The van der Waals surface area contributed by atoms with Gasteiger partial charge in [-0.2, -0.15) is 5.10 Å². The first-order chi connectivity index (χ1) is 9.76. The summed E-state index contributed by atoms with van der Waals surface area (Å²) in [7, 11) is 1.92. The summed E-state index contributed by atoms with van der Waals surface area (Å²) in [6.07, 6.45) is 3.50. The molecule has 0 bridgehead atoms. The Balaban J connectivity index is 1.94. The van der Waals surface area contributed by atoms with Crippen LogP contribution in [-0.2, 0) is 6.54 Å². The number of aromatic nitrogens is 3. The molecule has 0 aliphatic heterocycles. The van der Waals surface area contributed by atoms with Crippen LogP contribution in [0.2, 0.25) is 0 Å². The van der Waals surface area contributed by atoms with Gasteiger partial charge >= 0.3 is 0 Å². The average molecular weight is 268 g/mol. The molecule has 20 heavy (non-hydrogen) atoms. The molecule has 3 aromatic rings. The van der Waals surface area contributed by atoms with E-state index in [9.17, 15) is 0 Å². The second-order valence-corrected chi connectivity index (χ2v) is 4.63. The maximum absolute atomic E-state index is 5.89. The molecule has 5 nitrogen and oxygen atoms in total. The Labute approximate surface area is 117 Å². The number of rotatable bonds is 4. The molecule has 5 heteroatoms. The molecule has 102 valence electrons. The zero-order valence-electron chi connectivity index (χ0n) is 11.5. The van der Waals surface area contributed by atoms with Crippen molar-refractivity contribution in [2.75, 3.05) is 7.05 Å². The van der Waals surface area contributed by atoms with Gasteiger partial charge in [-0.05, 0) is 37.7 Å². The Morgan fingerprint density at radius 1 is 1.30 bits per heavy atom. The highest BCUT2D eigenvalue weighted by Crippen LogP contribution is 2.24. The fraction of sp³-hybridized carbons (Fsp3) is 0.200. The van der Waals surface area contributed by atoms with E-state index in [1.165, 1.54) is 5.56 Å². The average Bonchev–Trinajstić information content (AvgIpc) is 2.81. The van der Waals surface area contributed by atoms with Gasteiger partial charge in [-0.1, -0.05) is 12.1 Å². The van der Waals surface area contributed by atoms with Crippen LogP contribution in [0.3, 0.4) is 0 Å². The topological polar surface area (TPSA) is 51.5 Å². The van der Waals surface area contributed by atoms with Crippen molar-refractivity contribution in [1.29, 1.82) is 0 Å². The minimum absolute atomic E-state index is 0.565. The van der Waals surface area contributed by atoms with Crippen LogP contribution in [0.5, 0.6) is 11.6 Å². The zero-order valence-corrected chi connectivity index (χ0v) is 11.5. The Bertz CT molecular complexity index is 736. The Morgan fingerprint density at radius 2 is 2.20 bits per heavy atom. The van der Waals surface area contributed by atoms with Crippen LogP contribution in [0.25, 0.3) is 5.52 Å². The molecule has 0 aliphatic carbocycles. The quantitative estimate of drug-likeness (QED) is 0.790. The number of ether oxygens (including phenoxy) is 1. The van der Waals surface area contributed by atoms with Gasteiger partial charge in [-0.15, -0.1) is 0 Å². The highest BCUT2D eigenvalue weighted by molar-refractivity contribution is 5.57.